The van der Waals surface area contributed by atoms with Gasteiger partial charge in [0.25, 0.3) is 0 Å². The molecule has 9 nitrogen and oxygen atoms in total. The minimum atomic E-state index is -3.78. The highest BCUT2D eigenvalue weighted by molar-refractivity contribution is 7.89. The Morgan fingerprint density at radius 2 is 1.88 bits per heavy atom. The summed E-state index contributed by atoms with van der Waals surface area (Å²) in [6.07, 6.45) is 0. The molecule has 170 valence electrons. The molecule has 0 fully saturated rings. The van der Waals surface area contributed by atoms with Crippen molar-refractivity contribution >= 4 is 50.2 Å². The normalized spacial score (nSPS) is 12.7. The fourth-order valence-corrected chi connectivity index (χ4v) is 4.67. The van der Waals surface area contributed by atoms with E-state index in [2.05, 4.69) is 15.6 Å². The van der Waals surface area contributed by atoms with E-state index in [1.807, 2.05) is 24.3 Å². The zero-order valence-electron chi connectivity index (χ0n) is 18.1. The van der Waals surface area contributed by atoms with E-state index >= 15 is 0 Å². The lowest BCUT2D eigenvalue weighted by molar-refractivity contribution is -0.119. The molecule has 0 saturated heterocycles. The van der Waals surface area contributed by atoms with E-state index < -0.39 is 16.1 Å². The van der Waals surface area contributed by atoms with Crippen LogP contribution in [-0.2, 0) is 26.2 Å². The summed E-state index contributed by atoms with van der Waals surface area (Å²) in [5.41, 5.74) is 1.72. The number of aromatic nitrogens is 2. The molecule has 1 atom stereocenters. The van der Waals surface area contributed by atoms with E-state index in [-0.39, 0.29) is 28.3 Å². The molecule has 2 aromatic carbocycles. The number of nitrogens with one attached hydrogen (secondary N) is 2. The third-order valence-electron chi connectivity index (χ3n) is 4.77. The molecule has 0 saturated carbocycles. The summed E-state index contributed by atoms with van der Waals surface area (Å²) in [5.74, 6) is -0.0696. The molecular formula is C21H24ClN5O4S. The Hall–Kier alpha value is -2.95. The number of carbonyl (C=O) groups is 2. The number of para-hydroxylation sites is 2. The third kappa shape index (κ3) is 4.93. The lowest BCUT2D eigenvalue weighted by Gasteiger charge is -2.16. The minimum absolute atomic E-state index is 0.0590. The summed E-state index contributed by atoms with van der Waals surface area (Å²) in [7, 11) is -0.976. The van der Waals surface area contributed by atoms with Gasteiger partial charge in [0, 0.05) is 26.7 Å². The second-order valence-electron chi connectivity index (χ2n) is 7.45. The van der Waals surface area contributed by atoms with Crippen molar-refractivity contribution in [1.82, 2.24) is 19.2 Å². The van der Waals surface area contributed by atoms with Gasteiger partial charge in [0.2, 0.25) is 21.8 Å². The number of nitrogens with zero attached hydrogens (tertiary/aromatic N) is 3. The van der Waals surface area contributed by atoms with Crippen LogP contribution in [-0.4, -0.2) is 48.2 Å². The number of fused-ring (bicyclic) bond motifs is 1. The van der Waals surface area contributed by atoms with E-state index in [0.717, 1.165) is 9.82 Å². The highest BCUT2D eigenvalue weighted by atomic mass is 35.5. The molecule has 0 radical (unpaired) electrons. The Morgan fingerprint density at radius 3 is 2.53 bits per heavy atom. The van der Waals surface area contributed by atoms with Crippen LogP contribution in [0.5, 0.6) is 0 Å². The maximum absolute atomic E-state index is 12.9. The molecule has 0 unspecified atom stereocenters. The molecule has 11 heteroatoms. The number of rotatable bonds is 7. The Balaban J connectivity index is 1.91. The highest BCUT2D eigenvalue weighted by Gasteiger charge is 2.22. The molecule has 3 aromatic rings. The van der Waals surface area contributed by atoms with Gasteiger partial charge < -0.3 is 15.2 Å². The number of halogens is 1. The summed E-state index contributed by atoms with van der Waals surface area (Å²) in [4.78, 5) is 28.8. The topological polar surface area (TPSA) is 113 Å². The molecule has 0 aliphatic rings. The molecule has 3 rings (SSSR count). The summed E-state index contributed by atoms with van der Waals surface area (Å²) in [5, 5.41) is 5.56. The van der Waals surface area contributed by atoms with Crippen molar-refractivity contribution in [2.45, 2.75) is 31.3 Å². The maximum Gasteiger partial charge on any atom is 0.244 e. The van der Waals surface area contributed by atoms with Crippen LogP contribution < -0.4 is 10.6 Å². The molecule has 1 aromatic heterocycles. The molecule has 0 bridgehead atoms. The van der Waals surface area contributed by atoms with E-state index in [9.17, 15) is 18.0 Å². The highest BCUT2D eigenvalue weighted by Crippen LogP contribution is 2.27. The number of amides is 2. The molecule has 1 heterocycles. The van der Waals surface area contributed by atoms with Gasteiger partial charge in [-0.05, 0) is 37.3 Å². The summed E-state index contributed by atoms with van der Waals surface area (Å²) < 4.78 is 27.7. The predicted molar refractivity (Wildman–Crippen MR) is 123 cm³/mol. The van der Waals surface area contributed by atoms with Gasteiger partial charge in [0.15, 0.2) is 0 Å². The van der Waals surface area contributed by atoms with Gasteiger partial charge in [-0.25, -0.2) is 17.7 Å². The predicted octanol–water partition coefficient (Wildman–Crippen LogP) is 2.78. The number of sulfonamides is 1. The van der Waals surface area contributed by atoms with Crippen molar-refractivity contribution in [3.05, 3.63) is 53.3 Å². The van der Waals surface area contributed by atoms with Crippen molar-refractivity contribution in [1.29, 1.82) is 0 Å². The SMILES string of the molecule is CC(=O)N[C@@H](C)c1nc2ccccc2n1CC(=O)Nc1ccc(Cl)c(S(=O)(=O)N(C)C)c1. The summed E-state index contributed by atoms with van der Waals surface area (Å²) in [6.45, 7) is 3.11. The van der Waals surface area contributed by atoms with Crippen LogP contribution in [0.1, 0.15) is 25.7 Å². The number of anilines is 1. The quantitative estimate of drug-likeness (QED) is 0.543. The van der Waals surface area contributed by atoms with Gasteiger partial charge >= 0.3 is 0 Å². The Kier molecular flexibility index (Phi) is 6.87. The lowest BCUT2D eigenvalue weighted by Crippen LogP contribution is -2.28. The van der Waals surface area contributed by atoms with Crippen molar-refractivity contribution in [3.8, 4) is 0 Å². The van der Waals surface area contributed by atoms with Gasteiger partial charge in [-0.3, -0.25) is 9.59 Å². The maximum atomic E-state index is 12.9. The van der Waals surface area contributed by atoms with Crippen LogP contribution in [0.4, 0.5) is 5.69 Å². The van der Waals surface area contributed by atoms with Crippen molar-refractivity contribution in [2.75, 3.05) is 19.4 Å². The molecule has 0 aliphatic heterocycles. The average molecular weight is 478 g/mol. The molecule has 2 N–H and O–H groups in total. The summed E-state index contributed by atoms with van der Waals surface area (Å²) in [6, 6.07) is 11.2. The number of carbonyl (C=O) groups excluding carboxylic acids is 2. The van der Waals surface area contributed by atoms with Crippen molar-refractivity contribution in [2.24, 2.45) is 0 Å². The Labute approximate surface area is 191 Å². The molecule has 32 heavy (non-hydrogen) atoms. The zero-order chi connectivity index (χ0) is 23.6. The first kappa shape index (κ1) is 23.7. The lowest BCUT2D eigenvalue weighted by atomic mass is 10.3. The third-order valence-corrected chi connectivity index (χ3v) is 7.06. The van der Waals surface area contributed by atoms with Crippen LogP contribution in [0, 0.1) is 0 Å². The van der Waals surface area contributed by atoms with Gasteiger partial charge in [0.05, 0.1) is 22.1 Å². The van der Waals surface area contributed by atoms with E-state index in [1.54, 1.807) is 11.5 Å². The fourth-order valence-electron chi connectivity index (χ4n) is 3.28. The smallest absolute Gasteiger partial charge is 0.244 e. The number of hydrogen-bond acceptors (Lipinski definition) is 5. The molecule has 2 amide bonds. The number of benzene rings is 2. The first-order valence-corrected chi connectivity index (χ1v) is 11.6. The Morgan fingerprint density at radius 1 is 1.19 bits per heavy atom. The Bertz CT molecular complexity index is 1290. The van der Waals surface area contributed by atoms with E-state index in [1.165, 1.54) is 39.2 Å². The zero-order valence-corrected chi connectivity index (χ0v) is 19.7. The largest absolute Gasteiger partial charge is 0.347 e. The average Bonchev–Trinajstić information content (AvgIpc) is 3.07. The van der Waals surface area contributed by atoms with Crippen LogP contribution in [0.25, 0.3) is 11.0 Å². The van der Waals surface area contributed by atoms with Crippen molar-refractivity contribution in [3.63, 3.8) is 0 Å². The van der Waals surface area contributed by atoms with Gasteiger partial charge in [0.1, 0.15) is 17.3 Å². The number of hydrogen-bond donors (Lipinski definition) is 2. The summed E-state index contributed by atoms with van der Waals surface area (Å²) >= 11 is 6.07. The second kappa shape index (κ2) is 9.27. The van der Waals surface area contributed by atoms with Crippen LogP contribution in [0.2, 0.25) is 5.02 Å². The fraction of sp³-hybridized carbons (Fsp3) is 0.286. The minimum Gasteiger partial charge on any atom is -0.347 e. The second-order valence-corrected chi connectivity index (χ2v) is 9.98. The van der Waals surface area contributed by atoms with Gasteiger partial charge in [-0.15, -0.1) is 0 Å². The standard InChI is InChI=1S/C21H24ClN5O4S/c1-13(23-14(2)28)21-25-17-7-5-6-8-18(17)27(21)12-20(29)24-15-9-10-16(22)19(11-15)32(30,31)26(3)4/h5-11,13H,12H2,1-4H3,(H,23,28)(H,24,29)/t13-/m0/s1. The molecular weight excluding hydrogens is 454 g/mol. The van der Waals surface area contributed by atoms with Crippen LogP contribution in [0.15, 0.2) is 47.4 Å². The number of imidazole rings is 1. The molecule has 0 aliphatic carbocycles. The first-order valence-electron chi connectivity index (χ1n) is 9.75. The van der Waals surface area contributed by atoms with Gasteiger partial charge in [-0.2, -0.15) is 0 Å². The van der Waals surface area contributed by atoms with Crippen LogP contribution >= 0.6 is 11.6 Å². The monoisotopic (exact) mass is 477 g/mol. The van der Waals surface area contributed by atoms with Crippen LogP contribution in [0.3, 0.4) is 0 Å². The first-order chi connectivity index (χ1) is 15.0. The molecule has 0 spiro atoms. The van der Waals surface area contributed by atoms with Gasteiger partial charge in [-0.1, -0.05) is 23.7 Å². The van der Waals surface area contributed by atoms with Crippen molar-refractivity contribution < 1.29 is 18.0 Å². The van der Waals surface area contributed by atoms with E-state index in [0.29, 0.717) is 17.0 Å². The van der Waals surface area contributed by atoms with E-state index in [4.69, 9.17) is 11.6 Å².